The molecule has 0 aliphatic heterocycles. The first-order valence-corrected chi connectivity index (χ1v) is 9.76. The van der Waals surface area contributed by atoms with E-state index in [0.29, 0.717) is 15.7 Å². The molecule has 4 aromatic rings. The summed E-state index contributed by atoms with van der Waals surface area (Å²) in [6.45, 7) is 2.25. The van der Waals surface area contributed by atoms with Gasteiger partial charge in [0, 0.05) is 16.0 Å². The highest BCUT2D eigenvalue weighted by Crippen LogP contribution is 2.26. The zero-order valence-electron chi connectivity index (χ0n) is 14.8. The van der Waals surface area contributed by atoms with E-state index in [0.717, 1.165) is 28.0 Å². The lowest BCUT2D eigenvalue weighted by Gasteiger charge is -2.13. The normalized spacial score (nSPS) is 11.1. The zero-order chi connectivity index (χ0) is 19.8. The molecule has 140 valence electrons. The van der Waals surface area contributed by atoms with Crippen LogP contribution in [0.15, 0.2) is 58.7 Å². The van der Waals surface area contributed by atoms with Gasteiger partial charge in [-0.15, -0.1) is 11.3 Å². The summed E-state index contributed by atoms with van der Waals surface area (Å²) in [5.41, 5.74) is 2.38. The predicted octanol–water partition coefficient (Wildman–Crippen LogP) is 4.83. The van der Waals surface area contributed by atoms with E-state index >= 15 is 0 Å². The van der Waals surface area contributed by atoms with Crippen molar-refractivity contribution in [1.82, 2.24) is 9.55 Å². The number of aryl methyl sites for hydroxylation is 1. The molecule has 5 nitrogen and oxygen atoms in total. The highest BCUT2D eigenvalue weighted by atomic mass is 35.5. The number of aromatic carboxylic acids is 1. The quantitative estimate of drug-likeness (QED) is 0.522. The number of benzene rings is 2. The van der Waals surface area contributed by atoms with Crippen molar-refractivity contribution >= 4 is 39.1 Å². The van der Waals surface area contributed by atoms with Crippen LogP contribution < -0.4 is 5.56 Å². The number of aromatic nitrogens is 2. The van der Waals surface area contributed by atoms with Crippen LogP contribution in [0.1, 0.15) is 21.5 Å². The molecule has 4 rings (SSSR count). The van der Waals surface area contributed by atoms with E-state index in [1.807, 2.05) is 43.3 Å². The first-order chi connectivity index (χ1) is 13.4. The minimum Gasteiger partial charge on any atom is -0.478 e. The zero-order valence-corrected chi connectivity index (χ0v) is 16.4. The maximum Gasteiger partial charge on any atom is 0.337 e. The van der Waals surface area contributed by atoms with Gasteiger partial charge in [0.25, 0.3) is 5.56 Å². The SMILES string of the molecule is Cc1ccc(-c2nc3scc(C(=O)O)c3c(=O)n2Cc2ccc(Cl)cc2)cc1. The number of carboxylic acid groups (broad SMARTS) is 1. The molecule has 1 N–H and O–H groups in total. The van der Waals surface area contributed by atoms with Crippen LogP contribution in [0.3, 0.4) is 0 Å². The van der Waals surface area contributed by atoms with Gasteiger partial charge in [0.05, 0.1) is 17.5 Å². The van der Waals surface area contributed by atoms with E-state index in [-0.39, 0.29) is 23.1 Å². The van der Waals surface area contributed by atoms with Gasteiger partial charge < -0.3 is 5.11 Å². The Kier molecular flexibility index (Phi) is 4.75. The Morgan fingerprint density at radius 3 is 2.46 bits per heavy atom. The second-order valence-electron chi connectivity index (χ2n) is 6.45. The molecule has 0 unspecified atom stereocenters. The smallest absolute Gasteiger partial charge is 0.337 e. The number of halogens is 1. The van der Waals surface area contributed by atoms with Gasteiger partial charge >= 0.3 is 5.97 Å². The molecule has 0 aliphatic carbocycles. The fourth-order valence-electron chi connectivity index (χ4n) is 3.02. The van der Waals surface area contributed by atoms with Crippen LogP contribution in [0.5, 0.6) is 0 Å². The second-order valence-corrected chi connectivity index (χ2v) is 7.75. The third-order valence-electron chi connectivity index (χ3n) is 4.49. The molecular formula is C21H15ClN2O3S. The largest absolute Gasteiger partial charge is 0.478 e. The topological polar surface area (TPSA) is 72.2 Å². The first kappa shape index (κ1) is 18.4. The summed E-state index contributed by atoms with van der Waals surface area (Å²) in [5, 5.41) is 11.7. The van der Waals surface area contributed by atoms with Crippen LogP contribution in [-0.2, 0) is 6.54 Å². The van der Waals surface area contributed by atoms with Gasteiger partial charge in [-0.25, -0.2) is 9.78 Å². The molecule has 0 atom stereocenters. The molecule has 0 aliphatic rings. The van der Waals surface area contributed by atoms with Crippen LogP contribution in [-0.4, -0.2) is 20.6 Å². The average Bonchev–Trinajstić information content (AvgIpc) is 3.11. The van der Waals surface area contributed by atoms with E-state index in [1.54, 1.807) is 12.1 Å². The maximum absolute atomic E-state index is 13.3. The van der Waals surface area contributed by atoms with Crippen molar-refractivity contribution in [2.24, 2.45) is 0 Å². The number of thiophene rings is 1. The van der Waals surface area contributed by atoms with Crippen molar-refractivity contribution in [2.45, 2.75) is 13.5 Å². The van der Waals surface area contributed by atoms with E-state index in [9.17, 15) is 14.7 Å². The fourth-order valence-corrected chi connectivity index (χ4v) is 4.05. The molecule has 2 aromatic carbocycles. The van der Waals surface area contributed by atoms with Gasteiger partial charge in [0.2, 0.25) is 0 Å². The number of rotatable bonds is 4. The molecular weight excluding hydrogens is 396 g/mol. The lowest BCUT2D eigenvalue weighted by molar-refractivity contribution is 0.0699. The Labute approximate surface area is 169 Å². The third-order valence-corrected chi connectivity index (χ3v) is 5.61. The number of hydrogen-bond donors (Lipinski definition) is 1. The molecule has 28 heavy (non-hydrogen) atoms. The van der Waals surface area contributed by atoms with Gasteiger partial charge in [-0.1, -0.05) is 53.6 Å². The number of nitrogens with zero attached hydrogens (tertiary/aromatic N) is 2. The van der Waals surface area contributed by atoms with Crippen LogP contribution in [0, 0.1) is 6.92 Å². The van der Waals surface area contributed by atoms with Crippen molar-refractivity contribution in [2.75, 3.05) is 0 Å². The van der Waals surface area contributed by atoms with E-state index in [4.69, 9.17) is 11.6 Å². The Balaban J connectivity index is 1.98. The Bertz CT molecular complexity index is 1240. The summed E-state index contributed by atoms with van der Waals surface area (Å²) in [6.07, 6.45) is 0. The van der Waals surface area contributed by atoms with Gasteiger partial charge in [0.15, 0.2) is 0 Å². The molecule has 0 bridgehead atoms. The summed E-state index contributed by atoms with van der Waals surface area (Å²) in [6, 6.07) is 14.9. The summed E-state index contributed by atoms with van der Waals surface area (Å²) in [4.78, 5) is 29.9. The molecule has 2 heterocycles. The molecule has 0 radical (unpaired) electrons. The van der Waals surface area contributed by atoms with Crippen LogP contribution >= 0.6 is 22.9 Å². The summed E-state index contributed by atoms with van der Waals surface area (Å²) in [7, 11) is 0. The fraction of sp³-hybridized carbons (Fsp3) is 0.0952. The van der Waals surface area contributed by atoms with Crippen LogP contribution in [0.25, 0.3) is 21.6 Å². The van der Waals surface area contributed by atoms with Gasteiger partial charge in [-0.3, -0.25) is 9.36 Å². The van der Waals surface area contributed by atoms with Crippen molar-refractivity contribution in [1.29, 1.82) is 0 Å². The standard InChI is InChI=1S/C21H15ClN2O3S/c1-12-2-6-14(7-3-12)18-23-19-17(16(11-28-19)21(26)27)20(25)24(18)10-13-4-8-15(22)9-5-13/h2-9,11H,10H2,1H3,(H,26,27). The van der Waals surface area contributed by atoms with Crippen LogP contribution in [0.4, 0.5) is 0 Å². The Hall–Kier alpha value is -2.96. The van der Waals surface area contributed by atoms with Crippen LogP contribution in [0.2, 0.25) is 5.02 Å². The molecule has 0 amide bonds. The molecule has 0 spiro atoms. The highest BCUT2D eigenvalue weighted by Gasteiger charge is 2.20. The van der Waals surface area contributed by atoms with Gasteiger partial charge in [0.1, 0.15) is 10.7 Å². The Morgan fingerprint density at radius 1 is 1.14 bits per heavy atom. The van der Waals surface area contributed by atoms with Gasteiger partial charge in [-0.2, -0.15) is 0 Å². The Morgan fingerprint density at radius 2 is 1.82 bits per heavy atom. The summed E-state index contributed by atoms with van der Waals surface area (Å²) >= 11 is 7.12. The predicted molar refractivity (Wildman–Crippen MR) is 112 cm³/mol. The number of carboxylic acids is 1. The number of carbonyl (C=O) groups is 1. The highest BCUT2D eigenvalue weighted by molar-refractivity contribution is 7.17. The van der Waals surface area contributed by atoms with Gasteiger partial charge in [-0.05, 0) is 24.6 Å². The van der Waals surface area contributed by atoms with E-state index in [1.165, 1.54) is 9.95 Å². The van der Waals surface area contributed by atoms with Crippen molar-refractivity contribution in [3.63, 3.8) is 0 Å². The summed E-state index contributed by atoms with van der Waals surface area (Å²) < 4.78 is 1.52. The van der Waals surface area contributed by atoms with Crippen molar-refractivity contribution < 1.29 is 9.90 Å². The lowest BCUT2D eigenvalue weighted by Crippen LogP contribution is -2.24. The third kappa shape index (κ3) is 3.32. The lowest BCUT2D eigenvalue weighted by atomic mass is 10.1. The van der Waals surface area contributed by atoms with E-state index < -0.39 is 5.97 Å². The second kappa shape index (κ2) is 7.22. The monoisotopic (exact) mass is 410 g/mol. The minimum absolute atomic E-state index is 0.0159. The number of fused-ring (bicyclic) bond motifs is 1. The van der Waals surface area contributed by atoms with Crippen molar-refractivity contribution in [3.05, 3.63) is 86.0 Å². The maximum atomic E-state index is 13.3. The minimum atomic E-state index is -1.13. The first-order valence-electron chi connectivity index (χ1n) is 8.51. The average molecular weight is 411 g/mol. The molecule has 2 aromatic heterocycles. The van der Waals surface area contributed by atoms with Crippen molar-refractivity contribution in [3.8, 4) is 11.4 Å². The molecule has 7 heteroatoms. The molecule has 0 saturated carbocycles. The summed E-state index contributed by atoms with van der Waals surface area (Å²) in [5.74, 6) is -0.627. The molecule has 0 fully saturated rings. The van der Waals surface area contributed by atoms with E-state index in [2.05, 4.69) is 4.98 Å². The molecule has 0 saturated heterocycles. The number of hydrogen-bond acceptors (Lipinski definition) is 4.